The molecule has 0 bridgehead atoms. The average Bonchev–Trinajstić information content (AvgIpc) is 2.42. The molecule has 1 N–H and O–H groups in total. The Morgan fingerprint density at radius 2 is 1.84 bits per heavy atom. The van der Waals surface area contributed by atoms with Gasteiger partial charge in [-0.3, -0.25) is 0 Å². The van der Waals surface area contributed by atoms with E-state index in [1.165, 1.54) is 0 Å². The molecule has 0 fully saturated rings. The van der Waals surface area contributed by atoms with Gasteiger partial charge in [0.05, 0.1) is 10.2 Å². The van der Waals surface area contributed by atoms with E-state index in [0.29, 0.717) is 20.9 Å². The fourth-order valence-electron chi connectivity index (χ4n) is 1.54. The Labute approximate surface area is 125 Å². The highest BCUT2D eigenvalue weighted by Crippen LogP contribution is 2.36. The van der Waals surface area contributed by atoms with E-state index < -0.39 is 0 Å². The number of hydrogen-bond donors (Lipinski definition) is 1. The second-order valence-corrected chi connectivity index (χ2v) is 5.27. The van der Waals surface area contributed by atoms with Gasteiger partial charge in [-0.05, 0) is 64.3 Å². The highest BCUT2D eigenvalue weighted by Gasteiger charge is 2.07. The summed E-state index contributed by atoms with van der Waals surface area (Å²) in [6.45, 7) is 2.04. The number of hydrogen-bond acceptors (Lipinski definition) is 3. The molecule has 0 saturated heterocycles. The van der Waals surface area contributed by atoms with E-state index in [0.717, 1.165) is 12.0 Å². The van der Waals surface area contributed by atoms with Crippen LogP contribution in [0.15, 0.2) is 51.1 Å². The molecule has 0 atom stereocenters. The lowest BCUT2D eigenvalue weighted by Crippen LogP contribution is -1.80. The SMILES string of the molecule is CCc1cc(Br)c(O)c(N=Nc2ccc(Cl)cc2)c1. The van der Waals surface area contributed by atoms with Gasteiger partial charge in [-0.15, -0.1) is 5.11 Å². The van der Waals surface area contributed by atoms with Crippen LogP contribution in [-0.2, 0) is 6.42 Å². The zero-order chi connectivity index (χ0) is 13.8. The molecule has 0 aliphatic heterocycles. The highest BCUT2D eigenvalue weighted by atomic mass is 79.9. The fourth-order valence-corrected chi connectivity index (χ4v) is 2.16. The van der Waals surface area contributed by atoms with Crippen LogP contribution in [0.2, 0.25) is 5.02 Å². The molecule has 0 aromatic heterocycles. The van der Waals surface area contributed by atoms with Crippen LogP contribution in [0.5, 0.6) is 5.75 Å². The highest BCUT2D eigenvalue weighted by molar-refractivity contribution is 9.10. The third kappa shape index (κ3) is 3.55. The molecule has 0 aliphatic carbocycles. The van der Waals surface area contributed by atoms with Gasteiger partial charge in [0.1, 0.15) is 5.69 Å². The molecular weight excluding hydrogens is 328 g/mol. The molecule has 0 amide bonds. The number of halogens is 2. The minimum Gasteiger partial charge on any atom is -0.505 e. The Bertz CT molecular complexity index is 612. The summed E-state index contributed by atoms with van der Waals surface area (Å²) in [6.07, 6.45) is 0.863. The van der Waals surface area contributed by atoms with Crippen LogP contribution in [0.3, 0.4) is 0 Å². The smallest absolute Gasteiger partial charge is 0.157 e. The maximum absolute atomic E-state index is 9.92. The van der Waals surface area contributed by atoms with E-state index in [9.17, 15) is 5.11 Å². The summed E-state index contributed by atoms with van der Waals surface area (Å²) in [5, 5.41) is 18.7. The van der Waals surface area contributed by atoms with Gasteiger partial charge in [0.15, 0.2) is 5.75 Å². The predicted octanol–water partition coefficient (Wildman–Crippen LogP) is 5.79. The van der Waals surface area contributed by atoms with E-state index in [1.807, 2.05) is 19.1 Å². The number of nitrogens with zero attached hydrogens (tertiary/aromatic N) is 2. The molecule has 5 heteroatoms. The first-order valence-corrected chi connectivity index (χ1v) is 6.96. The molecule has 0 saturated carbocycles. The minimum absolute atomic E-state index is 0.0925. The van der Waals surface area contributed by atoms with Crippen molar-refractivity contribution in [3.63, 3.8) is 0 Å². The Kier molecular flexibility index (Phi) is 4.56. The van der Waals surface area contributed by atoms with Crippen molar-refractivity contribution in [2.75, 3.05) is 0 Å². The monoisotopic (exact) mass is 338 g/mol. The second-order valence-electron chi connectivity index (χ2n) is 3.98. The lowest BCUT2D eigenvalue weighted by Gasteiger charge is -2.04. The average molecular weight is 340 g/mol. The largest absolute Gasteiger partial charge is 0.505 e. The number of aromatic hydroxyl groups is 1. The van der Waals surface area contributed by atoms with Crippen molar-refractivity contribution in [2.24, 2.45) is 10.2 Å². The van der Waals surface area contributed by atoms with Crippen molar-refractivity contribution in [1.29, 1.82) is 0 Å². The van der Waals surface area contributed by atoms with Crippen molar-refractivity contribution in [1.82, 2.24) is 0 Å². The normalized spacial score (nSPS) is 11.1. The predicted molar refractivity (Wildman–Crippen MR) is 80.8 cm³/mol. The first-order chi connectivity index (χ1) is 9.10. The van der Waals surface area contributed by atoms with Gasteiger partial charge in [-0.2, -0.15) is 5.11 Å². The molecule has 0 heterocycles. The number of rotatable bonds is 3. The summed E-state index contributed by atoms with van der Waals surface area (Å²) in [7, 11) is 0. The van der Waals surface area contributed by atoms with Crippen LogP contribution in [-0.4, -0.2) is 5.11 Å². The van der Waals surface area contributed by atoms with E-state index in [4.69, 9.17) is 11.6 Å². The van der Waals surface area contributed by atoms with Crippen molar-refractivity contribution < 1.29 is 5.11 Å². The zero-order valence-electron chi connectivity index (χ0n) is 10.3. The summed E-state index contributed by atoms with van der Waals surface area (Å²) in [4.78, 5) is 0. The van der Waals surface area contributed by atoms with Gasteiger partial charge in [0.25, 0.3) is 0 Å². The van der Waals surface area contributed by atoms with Crippen molar-refractivity contribution in [2.45, 2.75) is 13.3 Å². The van der Waals surface area contributed by atoms with Crippen LogP contribution in [0.25, 0.3) is 0 Å². The van der Waals surface area contributed by atoms with Crippen LogP contribution in [0.4, 0.5) is 11.4 Å². The summed E-state index contributed by atoms with van der Waals surface area (Å²) in [5.41, 5.74) is 2.21. The Hall–Kier alpha value is -1.39. The first kappa shape index (κ1) is 14.0. The van der Waals surface area contributed by atoms with Crippen LogP contribution in [0.1, 0.15) is 12.5 Å². The van der Waals surface area contributed by atoms with Gasteiger partial charge in [-0.1, -0.05) is 18.5 Å². The lowest BCUT2D eigenvalue weighted by atomic mass is 10.1. The molecule has 19 heavy (non-hydrogen) atoms. The maximum Gasteiger partial charge on any atom is 0.157 e. The number of aryl methyl sites for hydroxylation is 1. The molecule has 98 valence electrons. The third-order valence-corrected chi connectivity index (χ3v) is 3.47. The molecule has 2 rings (SSSR count). The quantitative estimate of drug-likeness (QED) is 0.707. The Morgan fingerprint density at radius 1 is 1.16 bits per heavy atom. The van der Waals surface area contributed by atoms with Crippen molar-refractivity contribution in [3.05, 3.63) is 51.5 Å². The molecular formula is C14H12BrClN2O. The fraction of sp³-hybridized carbons (Fsp3) is 0.143. The van der Waals surface area contributed by atoms with Crippen molar-refractivity contribution in [3.8, 4) is 5.75 Å². The molecule has 0 unspecified atom stereocenters. The number of phenolic OH excluding ortho intramolecular Hbond substituents is 1. The van der Waals surface area contributed by atoms with Crippen LogP contribution >= 0.6 is 27.5 Å². The minimum atomic E-state index is 0.0925. The summed E-state index contributed by atoms with van der Waals surface area (Å²) < 4.78 is 0.622. The first-order valence-electron chi connectivity index (χ1n) is 5.79. The topological polar surface area (TPSA) is 45.0 Å². The summed E-state index contributed by atoms with van der Waals surface area (Å²) >= 11 is 9.10. The summed E-state index contributed by atoms with van der Waals surface area (Å²) in [6, 6.07) is 10.7. The number of azo groups is 1. The number of benzene rings is 2. The molecule has 0 spiro atoms. The van der Waals surface area contributed by atoms with Crippen molar-refractivity contribution >= 4 is 38.9 Å². The van der Waals surface area contributed by atoms with Gasteiger partial charge >= 0.3 is 0 Å². The van der Waals surface area contributed by atoms with Gasteiger partial charge in [0.2, 0.25) is 0 Å². The number of phenols is 1. The molecule has 0 aliphatic rings. The molecule has 0 radical (unpaired) electrons. The van der Waals surface area contributed by atoms with E-state index in [1.54, 1.807) is 24.3 Å². The summed E-state index contributed by atoms with van der Waals surface area (Å²) in [5.74, 6) is 0.0925. The second kappa shape index (κ2) is 6.17. The van der Waals surface area contributed by atoms with Gasteiger partial charge < -0.3 is 5.11 Å². The standard InChI is InChI=1S/C14H12BrClN2O/c1-2-9-7-12(15)14(19)13(8-9)18-17-11-5-3-10(16)4-6-11/h3-8,19H,2H2,1H3. The lowest BCUT2D eigenvalue weighted by molar-refractivity contribution is 0.473. The van der Waals surface area contributed by atoms with E-state index in [2.05, 4.69) is 26.2 Å². The van der Waals surface area contributed by atoms with Crippen LogP contribution in [0, 0.1) is 0 Å². The Balaban J connectivity index is 2.32. The van der Waals surface area contributed by atoms with Gasteiger partial charge in [-0.25, -0.2) is 0 Å². The maximum atomic E-state index is 9.92. The molecule has 2 aromatic rings. The Morgan fingerprint density at radius 3 is 2.47 bits per heavy atom. The van der Waals surface area contributed by atoms with Gasteiger partial charge in [0, 0.05) is 5.02 Å². The van der Waals surface area contributed by atoms with E-state index in [-0.39, 0.29) is 5.75 Å². The molecule has 3 nitrogen and oxygen atoms in total. The third-order valence-electron chi connectivity index (χ3n) is 2.61. The van der Waals surface area contributed by atoms with Crippen LogP contribution < -0.4 is 0 Å². The molecule has 2 aromatic carbocycles. The van der Waals surface area contributed by atoms with E-state index >= 15 is 0 Å². The zero-order valence-corrected chi connectivity index (χ0v) is 12.6.